The normalized spacial score (nSPS) is 18.4. The maximum atomic E-state index is 12.1. The minimum atomic E-state index is -0.668. The summed E-state index contributed by atoms with van der Waals surface area (Å²) in [7, 11) is 2.13. The highest BCUT2D eigenvalue weighted by Crippen LogP contribution is 2.27. The first-order valence-electron chi connectivity index (χ1n) is 12.0. The minimum absolute atomic E-state index is 0.0622. The molecular formula is C25H33N7O3. The molecule has 0 spiro atoms. The van der Waals surface area contributed by atoms with E-state index in [9.17, 15) is 9.59 Å². The number of ether oxygens (including phenoxy) is 1. The number of amides is 2. The van der Waals surface area contributed by atoms with Gasteiger partial charge in [0.2, 0.25) is 11.8 Å². The Bertz CT molecular complexity index is 1080. The quantitative estimate of drug-likeness (QED) is 0.551. The van der Waals surface area contributed by atoms with Crippen molar-refractivity contribution >= 4 is 29.0 Å². The molecule has 1 unspecified atom stereocenters. The summed E-state index contributed by atoms with van der Waals surface area (Å²) in [6, 6.07) is 7.99. The minimum Gasteiger partial charge on any atom is -0.471 e. The van der Waals surface area contributed by atoms with Crippen molar-refractivity contribution in [1.29, 1.82) is 0 Å². The number of aryl methyl sites for hydroxylation is 1. The van der Waals surface area contributed by atoms with Crippen molar-refractivity contribution in [2.75, 3.05) is 56.5 Å². The molecule has 3 N–H and O–H groups in total. The molecule has 0 radical (unpaired) electrons. The maximum Gasteiger partial charge on any atom is 0.271 e. The van der Waals surface area contributed by atoms with Crippen LogP contribution in [0.3, 0.4) is 0 Å². The van der Waals surface area contributed by atoms with E-state index in [1.54, 1.807) is 4.90 Å². The van der Waals surface area contributed by atoms with Crippen molar-refractivity contribution in [3.05, 3.63) is 48.3 Å². The molecule has 2 fully saturated rings. The molecule has 1 aromatic carbocycles. The van der Waals surface area contributed by atoms with Crippen LogP contribution in [0.4, 0.5) is 17.2 Å². The third kappa shape index (κ3) is 5.71. The van der Waals surface area contributed by atoms with Gasteiger partial charge in [-0.05, 0) is 43.8 Å². The van der Waals surface area contributed by atoms with E-state index in [1.165, 1.54) is 6.08 Å². The van der Waals surface area contributed by atoms with E-state index in [-0.39, 0.29) is 23.5 Å². The molecule has 2 aliphatic heterocycles. The Labute approximate surface area is 205 Å². The van der Waals surface area contributed by atoms with E-state index < -0.39 is 5.91 Å². The molecule has 2 amide bonds. The fourth-order valence-corrected chi connectivity index (χ4v) is 4.31. The van der Waals surface area contributed by atoms with Crippen molar-refractivity contribution in [2.45, 2.75) is 25.9 Å². The number of nitrogens with two attached hydrogens (primary N) is 1. The van der Waals surface area contributed by atoms with Crippen LogP contribution in [0, 0.1) is 0 Å². The number of carbonyl (C=O) groups is 2. The number of hydrogen-bond acceptors (Lipinski definition) is 8. The van der Waals surface area contributed by atoms with Crippen LogP contribution >= 0.6 is 0 Å². The highest BCUT2D eigenvalue weighted by Gasteiger charge is 2.28. The van der Waals surface area contributed by atoms with Crippen molar-refractivity contribution in [3.63, 3.8) is 0 Å². The van der Waals surface area contributed by atoms with Crippen LogP contribution in [-0.4, -0.2) is 84.0 Å². The topological polar surface area (TPSA) is 117 Å². The number of hydrogen-bond donors (Lipinski definition) is 2. The lowest BCUT2D eigenvalue weighted by atomic mass is 10.2. The predicted molar refractivity (Wildman–Crippen MR) is 135 cm³/mol. The SMILES string of the molecule is C=CC(=O)N1CCC(Oc2nc(Nc3ccc(N4CCN(C)CC4)cc3)c(C(N)=O)nc2CC)C1. The van der Waals surface area contributed by atoms with Crippen LogP contribution in [0.15, 0.2) is 36.9 Å². The number of anilines is 3. The Morgan fingerprint density at radius 3 is 2.51 bits per heavy atom. The van der Waals surface area contributed by atoms with Gasteiger partial charge < -0.3 is 30.5 Å². The second kappa shape index (κ2) is 10.7. The average Bonchev–Trinajstić information content (AvgIpc) is 3.33. The van der Waals surface area contributed by atoms with E-state index >= 15 is 0 Å². The lowest BCUT2D eigenvalue weighted by molar-refractivity contribution is -0.125. The molecule has 10 heteroatoms. The molecule has 35 heavy (non-hydrogen) atoms. The number of likely N-dealkylation sites (tertiary alicyclic amines) is 1. The zero-order chi connectivity index (χ0) is 24.9. The summed E-state index contributed by atoms with van der Waals surface area (Å²) in [5, 5.41) is 3.18. The van der Waals surface area contributed by atoms with Gasteiger partial charge in [-0.1, -0.05) is 13.5 Å². The first-order chi connectivity index (χ1) is 16.9. The monoisotopic (exact) mass is 479 g/mol. The molecule has 2 saturated heterocycles. The smallest absolute Gasteiger partial charge is 0.271 e. The third-order valence-corrected chi connectivity index (χ3v) is 6.41. The molecule has 0 aliphatic carbocycles. The van der Waals surface area contributed by atoms with Crippen molar-refractivity contribution in [3.8, 4) is 5.88 Å². The Hall–Kier alpha value is -3.66. The van der Waals surface area contributed by atoms with E-state index in [0.717, 1.165) is 37.6 Å². The number of rotatable bonds is 8. The second-order valence-electron chi connectivity index (χ2n) is 8.87. The average molecular weight is 480 g/mol. The summed E-state index contributed by atoms with van der Waals surface area (Å²) in [4.78, 5) is 39.5. The van der Waals surface area contributed by atoms with E-state index in [1.807, 2.05) is 31.2 Å². The number of piperazine rings is 1. The first-order valence-corrected chi connectivity index (χ1v) is 12.0. The summed E-state index contributed by atoms with van der Waals surface area (Å²) in [6.07, 6.45) is 2.29. The van der Waals surface area contributed by atoms with Crippen LogP contribution < -0.4 is 20.7 Å². The molecule has 186 valence electrons. The van der Waals surface area contributed by atoms with E-state index in [2.05, 4.69) is 38.7 Å². The molecule has 0 saturated carbocycles. The van der Waals surface area contributed by atoms with Gasteiger partial charge in [0.1, 0.15) is 11.8 Å². The molecule has 4 rings (SSSR count). The molecule has 1 aromatic heterocycles. The Balaban J connectivity index is 1.53. The number of aromatic nitrogens is 2. The molecule has 0 bridgehead atoms. The number of carbonyl (C=O) groups excluding carboxylic acids is 2. The lowest BCUT2D eigenvalue weighted by Crippen LogP contribution is -2.44. The number of nitrogens with zero attached hydrogens (tertiary/aromatic N) is 5. The fourth-order valence-electron chi connectivity index (χ4n) is 4.31. The number of benzene rings is 1. The van der Waals surface area contributed by atoms with Crippen LogP contribution in [0.25, 0.3) is 0 Å². The molecule has 2 aliphatic rings. The summed E-state index contributed by atoms with van der Waals surface area (Å²) in [5.41, 5.74) is 8.14. The van der Waals surface area contributed by atoms with Gasteiger partial charge in [0, 0.05) is 50.5 Å². The molecular weight excluding hydrogens is 446 g/mol. The highest BCUT2D eigenvalue weighted by molar-refractivity contribution is 5.96. The summed E-state index contributed by atoms with van der Waals surface area (Å²) >= 11 is 0. The summed E-state index contributed by atoms with van der Waals surface area (Å²) in [5.74, 6) is -0.204. The number of likely N-dealkylation sites (N-methyl/N-ethyl adjacent to an activating group) is 1. The third-order valence-electron chi connectivity index (χ3n) is 6.41. The highest BCUT2D eigenvalue weighted by atomic mass is 16.5. The van der Waals surface area contributed by atoms with Gasteiger partial charge in [0.05, 0.1) is 6.54 Å². The molecule has 3 heterocycles. The van der Waals surface area contributed by atoms with Gasteiger partial charge in [0.15, 0.2) is 11.5 Å². The Morgan fingerprint density at radius 2 is 1.89 bits per heavy atom. The van der Waals surface area contributed by atoms with Gasteiger partial charge in [-0.2, -0.15) is 4.98 Å². The van der Waals surface area contributed by atoms with E-state index in [0.29, 0.717) is 37.5 Å². The van der Waals surface area contributed by atoms with Gasteiger partial charge >= 0.3 is 0 Å². The van der Waals surface area contributed by atoms with Crippen LogP contribution in [0.1, 0.15) is 29.5 Å². The van der Waals surface area contributed by atoms with Gasteiger partial charge in [-0.3, -0.25) is 9.59 Å². The van der Waals surface area contributed by atoms with Crippen LogP contribution in [0.2, 0.25) is 0 Å². The zero-order valence-electron chi connectivity index (χ0n) is 20.4. The number of nitrogens with one attached hydrogen (secondary N) is 1. The Kier molecular flexibility index (Phi) is 7.50. The fraction of sp³-hybridized carbons (Fsp3) is 0.440. The van der Waals surface area contributed by atoms with Crippen molar-refractivity contribution < 1.29 is 14.3 Å². The molecule has 1 atom stereocenters. The van der Waals surface area contributed by atoms with Gasteiger partial charge in [-0.25, -0.2) is 4.98 Å². The summed E-state index contributed by atoms with van der Waals surface area (Å²) in [6.45, 7) is 10.5. The van der Waals surface area contributed by atoms with Gasteiger partial charge in [-0.15, -0.1) is 0 Å². The van der Waals surface area contributed by atoms with Crippen molar-refractivity contribution in [1.82, 2.24) is 19.8 Å². The van der Waals surface area contributed by atoms with Gasteiger partial charge in [0.25, 0.3) is 5.91 Å². The zero-order valence-corrected chi connectivity index (χ0v) is 20.4. The maximum absolute atomic E-state index is 12.1. The predicted octanol–water partition coefficient (Wildman–Crippen LogP) is 1.80. The summed E-state index contributed by atoms with van der Waals surface area (Å²) < 4.78 is 6.14. The van der Waals surface area contributed by atoms with Crippen LogP contribution in [0.5, 0.6) is 5.88 Å². The van der Waals surface area contributed by atoms with Crippen molar-refractivity contribution in [2.24, 2.45) is 5.73 Å². The number of primary amides is 1. The first kappa shape index (κ1) is 24.5. The van der Waals surface area contributed by atoms with Crippen LogP contribution in [-0.2, 0) is 11.2 Å². The Morgan fingerprint density at radius 1 is 1.17 bits per heavy atom. The molecule has 10 nitrogen and oxygen atoms in total. The molecule has 2 aromatic rings. The standard InChI is InChI=1S/C25H33N7O3/c1-4-20-25(35-19-10-11-32(16-19)21(33)5-2)29-24(22(28-20)23(26)34)27-17-6-8-18(9-7-17)31-14-12-30(3)13-15-31/h5-9,19H,2,4,10-16H2,1,3H3,(H2,26,34)(H,27,29). The second-order valence-corrected chi connectivity index (χ2v) is 8.87. The van der Waals surface area contributed by atoms with E-state index in [4.69, 9.17) is 10.5 Å². The largest absolute Gasteiger partial charge is 0.471 e. The lowest BCUT2D eigenvalue weighted by Gasteiger charge is -2.34.